The summed E-state index contributed by atoms with van der Waals surface area (Å²) >= 11 is 1.67. The third-order valence-electron chi connectivity index (χ3n) is 2.36. The van der Waals surface area contributed by atoms with Crippen LogP contribution in [0.4, 0.5) is 10.5 Å². The Hall–Kier alpha value is -1.69. The van der Waals surface area contributed by atoms with Gasteiger partial charge in [0.1, 0.15) is 5.60 Å². The van der Waals surface area contributed by atoms with E-state index >= 15 is 0 Å². The Morgan fingerprint density at radius 1 is 1.29 bits per heavy atom. The molecule has 1 aromatic carbocycles. The highest BCUT2D eigenvalue weighted by molar-refractivity contribution is 7.98. The smallest absolute Gasteiger partial charge is 0.412 e. The molecule has 2 N–H and O–H groups in total. The summed E-state index contributed by atoms with van der Waals surface area (Å²) < 4.78 is 5.17. The molecule has 0 atom stereocenters. The highest BCUT2D eigenvalue weighted by Gasteiger charge is 2.16. The van der Waals surface area contributed by atoms with E-state index in [0.717, 1.165) is 5.75 Å². The number of hydrogen-bond donors (Lipinski definition) is 2. The highest BCUT2D eigenvalue weighted by atomic mass is 32.2. The van der Waals surface area contributed by atoms with Gasteiger partial charge in [-0.2, -0.15) is 11.8 Å². The van der Waals surface area contributed by atoms with E-state index < -0.39 is 11.7 Å². The minimum absolute atomic E-state index is 0.156. The van der Waals surface area contributed by atoms with Crippen LogP contribution in [0.2, 0.25) is 0 Å². The van der Waals surface area contributed by atoms with E-state index in [4.69, 9.17) is 4.74 Å². The molecule has 0 unspecified atom stereocenters. The molecule has 1 rings (SSSR count). The molecule has 0 saturated carbocycles. The first-order valence-corrected chi connectivity index (χ1v) is 8.08. The molecule has 1 aromatic rings. The van der Waals surface area contributed by atoms with Crippen LogP contribution in [0.15, 0.2) is 24.3 Å². The van der Waals surface area contributed by atoms with E-state index in [1.165, 1.54) is 0 Å². The van der Waals surface area contributed by atoms with Gasteiger partial charge in [0.05, 0.1) is 0 Å². The fourth-order valence-corrected chi connectivity index (χ4v) is 1.83. The maximum Gasteiger partial charge on any atom is 0.412 e. The van der Waals surface area contributed by atoms with Crippen molar-refractivity contribution in [1.29, 1.82) is 0 Å². The first kappa shape index (κ1) is 17.4. The maximum absolute atomic E-state index is 11.9. The van der Waals surface area contributed by atoms with Crippen LogP contribution in [0.25, 0.3) is 0 Å². The van der Waals surface area contributed by atoms with E-state index in [-0.39, 0.29) is 5.91 Å². The van der Waals surface area contributed by atoms with Gasteiger partial charge < -0.3 is 10.1 Å². The second kappa shape index (κ2) is 7.93. The number of benzene rings is 1. The van der Waals surface area contributed by atoms with Crippen molar-refractivity contribution in [3.8, 4) is 0 Å². The van der Waals surface area contributed by atoms with Crippen LogP contribution in [-0.2, 0) is 4.74 Å². The molecule has 0 bridgehead atoms. The molecule has 5 nitrogen and oxygen atoms in total. The summed E-state index contributed by atoms with van der Waals surface area (Å²) in [5.41, 5.74) is 0.475. The van der Waals surface area contributed by atoms with Crippen molar-refractivity contribution < 1.29 is 14.3 Å². The monoisotopic (exact) mass is 310 g/mol. The van der Waals surface area contributed by atoms with Crippen molar-refractivity contribution in [3.05, 3.63) is 29.8 Å². The van der Waals surface area contributed by atoms with E-state index in [9.17, 15) is 9.59 Å². The van der Waals surface area contributed by atoms with E-state index in [1.54, 1.807) is 56.8 Å². The Labute approximate surface area is 129 Å². The molecule has 116 valence electrons. The van der Waals surface area contributed by atoms with Gasteiger partial charge in [-0.3, -0.25) is 10.1 Å². The zero-order valence-corrected chi connectivity index (χ0v) is 13.7. The zero-order valence-electron chi connectivity index (χ0n) is 12.9. The number of hydrogen-bond acceptors (Lipinski definition) is 4. The molecule has 0 spiro atoms. The van der Waals surface area contributed by atoms with Gasteiger partial charge in [-0.25, -0.2) is 4.79 Å². The first-order chi connectivity index (χ1) is 9.81. The van der Waals surface area contributed by atoms with Crippen molar-refractivity contribution in [2.24, 2.45) is 0 Å². The van der Waals surface area contributed by atoms with Crippen LogP contribution >= 0.6 is 11.8 Å². The van der Waals surface area contributed by atoms with Gasteiger partial charge in [0, 0.05) is 23.5 Å². The summed E-state index contributed by atoms with van der Waals surface area (Å²) in [6, 6.07) is 6.76. The molecule has 0 aliphatic carbocycles. The van der Waals surface area contributed by atoms with Crippen molar-refractivity contribution in [1.82, 2.24) is 5.32 Å². The van der Waals surface area contributed by atoms with Gasteiger partial charge in [0.25, 0.3) is 5.91 Å². The third-order valence-corrected chi connectivity index (χ3v) is 2.97. The fourth-order valence-electron chi connectivity index (χ4n) is 1.53. The number of carbonyl (C=O) groups excluding carboxylic acids is 2. The maximum atomic E-state index is 11.9. The molecular weight excluding hydrogens is 288 g/mol. The van der Waals surface area contributed by atoms with E-state index in [1.807, 2.05) is 6.26 Å². The SMILES string of the molecule is CSCCNC(=O)c1cccc(NC(=O)OC(C)(C)C)c1. The number of rotatable bonds is 5. The predicted molar refractivity (Wildman–Crippen MR) is 87.0 cm³/mol. The number of amides is 2. The van der Waals surface area contributed by atoms with Crippen molar-refractivity contribution in [3.63, 3.8) is 0 Å². The van der Waals surface area contributed by atoms with Gasteiger partial charge in [-0.1, -0.05) is 6.07 Å². The Bertz CT molecular complexity index is 498. The third kappa shape index (κ3) is 7.04. The Morgan fingerprint density at radius 3 is 2.62 bits per heavy atom. The summed E-state index contributed by atoms with van der Waals surface area (Å²) in [5.74, 6) is 0.707. The molecule has 0 saturated heterocycles. The van der Waals surface area contributed by atoms with Crippen LogP contribution in [0, 0.1) is 0 Å². The van der Waals surface area contributed by atoms with Crippen molar-refractivity contribution >= 4 is 29.4 Å². The molecule has 2 amide bonds. The van der Waals surface area contributed by atoms with Gasteiger partial charge in [-0.05, 0) is 45.2 Å². The second-order valence-corrected chi connectivity index (χ2v) is 6.44. The Balaban J connectivity index is 2.63. The van der Waals surface area contributed by atoms with Crippen LogP contribution in [0.3, 0.4) is 0 Å². The van der Waals surface area contributed by atoms with Crippen molar-refractivity contribution in [2.75, 3.05) is 23.9 Å². The lowest BCUT2D eigenvalue weighted by atomic mass is 10.2. The van der Waals surface area contributed by atoms with Crippen LogP contribution < -0.4 is 10.6 Å². The molecule has 0 aliphatic rings. The van der Waals surface area contributed by atoms with Crippen LogP contribution in [-0.4, -0.2) is 36.2 Å². The Kier molecular flexibility index (Phi) is 6.55. The van der Waals surface area contributed by atoms with E-state index in [0.29, 0.717) is 17.8 Å². The average molecular weight is 310 g/mol. The first-order valence-electron chi connectivity index (χ1n) is 6.69. The number of carbonyl (C=O) groups is 2. The molecule has 0 heterocycles. The molecule has 6 heteroatoms. The minimum atomic E-state index is -0.559. The Morgan fingerprint density at radius 2 is 2.00 bits per heavy atom. The quantitative estimate of drug-likeness (QED) is 0.820. The fraction of sp³-hybridized carbons (Fsp3) is 0.467. The minimum Gasteiger partial charge on any atom is -0.444 e. The normalized spacial score (nSPS) is 10.9. The topological polar surface area (TPSA) is 67.4 Å². The second-order valence-electron chi connectivity index (χ2n) is 5.46. The lowest BCUT2D eigenvalue weighted by Gasteiger charge is -2.19. The number of anilines is 1. The average Bonchev–Trinajstić information content (AvgIpc) is 2.36. The molecule has 0 fully saturated rings. The van der Waals surface area contributed by atoms with Crippen molar-refractivity contribution in [2.45, 2.75) is 26.4 Å². The summed E-state index contributed by atoms with van der Waals surface area (Å²) in [4.78, 5) is 23.6. The summed E-state index contributed by atoms with van der Waals surface area (Å²) in [6.45, 7) is 6.00. The lowest BCUT2D eigenvalue weighted by Crippen LogP contribution is -2.28. The molecule has 0 aromatic heterocycles. The standard InChI is InChI=1S/C15H22N2O3S/c1-15(2,3)20-14(19)17-12-7-5-6-11(10-12)13(18)16-8-9-21-4/h5-7,10H,8-9H2,1-4H3,(H,16,18)(H,17,19). The number of nitrogens with one attached hydrogen (secondary N) is 2. The molecular formula is C15H22N2O3S. The van der Waals surface area contributed by atoms with Crippen LogP contribution in [0.5, 0.6) is 0 Å². The van der Waals surface area contributed by atoms with E-state index in [2.05, 4.69) is 10.6 Å². The summed E-state index contributed by atoms with van der Waals surface area (Å²) in [6.07, 6.45) is 1.44. The summed E-state index contributed by atoms with van der Waals surface area (Å²) in [7, 11) is 0. The highest BCUT2D eigenvalue weighted by Crippen LogP contribution is 2.13. The summed E-state index contributed by atoms with van der Waals surface area (Å²) in [5, 5.41) is 5.43. The van der Waals surface area contributed by atoms with Gasteiger partial charge in [0.15, 0.2) is 0 Å². The molecule has 0 radical (unpaired) electrons. The predicted octanol–water partition coefficient (Wildman–Crippen LogP) is 3.13. The van der Waals surface area contributed by atoms with Gasteiger partial charge in [-0.15, -0.1) is 0 Å². The largest absolute Gasteiger partial charge is 0.444 e. The molecule has 21 heavy (non-hydrogen) atoms. The lowest BCUT2D eigenvalue weighted by molar-refractivity contribution is 0.0635. The number of ether oxygens (including phenoxy) is 1. The number of thioether (sulfide) groups is 1. The van der Waals surface area contributed by atoms with Gasteiger partial charge >= 0.3 is 6.09 Å². The van der Waals surface area contributed by atoms with Crippen LogP contribution in [0.1, 0.15) is 31.1 Å². The van der Waals surface area contributed by atoms with Gasteiger partial charge in [0.2, 0.25) is 0 Å². The molecule has 0 aliphatic heterocycles. The zero-order chi connectivity index (χ0) is 15.9.